The zero-order valence-corrected chi connectivity index (χ0v) is 16.2. The van der Waals surface area contributed by atoms with Crippen LogP contribution in [0.4, 0.5) is 5.69 Å². The van der Waals surface area contributed by atoms with Crippen LogP contribution in [0.1, 0.15) is 34.5 Å². The molecule has 0 aliphatic carbocycles. The van der Waals surface area contributed by atoms with Crippen molar-refractivity contribution in [3.8, 4) is 0 Å². The van der Waals surface area contributed by atoms with Crippen LogP contribution in [0.2, 0.25) is 5.02 Å². The fourth-order valence-electron chi connectivity index (χ4n) is 2.87. The van der Waals surface area contributed by atoms with E-state index in [2.05, 4.69) is 10.6 Å². The molecule has 0 unspecified atom stereocenters. The number of carbonyl (C=O) groups excluding carboxylic acids is 2. The van der Waals surface area contributed by atoms with Gasteiger partial charge in [-0.05, 0) is 42.3 Å². The third-order valence-corrected chi connectivity index (χ3v) is 4.62. The molecule has 5 heteroatoms. The molecule has 0 fully saturated rings. The molecular formula is C23H21ClN2O2. The number of anilines is 1. The smallest absolute Gasteiger partial charge is 0.253 e. The molecule has 0 radical (unpaired) electrons. The van der Waals surface area contributed by atoms with Gasteiger partial charge in [0.25, 0.3) is 5.91 Å². The van der Waals surface area contributed by atoms with E-state index in [1.165, 1.54) is 0 Å². The van der Waals surface area contributed by atoms with Crippen molar-refractivity contribution in [3.05, 3.63) is 101 Å². The fraction of sp³-hybridized carbons (Fsp3) is 0.130. The number of hydrogen-bond donors (Lipinski definition) is 2. The lowest BCUT2D eigenvalue weighted by Crippen LogP contribution is -2.28. The molecule has 0 aliphatic heterocycles. The first kappa shape index (κ1) is 19.6. The predicted octanol–water partition coefficient (Wildman–Crippen LogP) is 5.01. The highest BCUT2D eigenvalue weighted by Crippen LogP contribution is 2.18. The van der Waals surface area contributed by atoms with Gasteiger partial charge >= 0.3 is 0 Å². The highest BCUT2D eigenvalue weighted by Gasteiger charge is 2.16. The van der Waals surface area contributed by atoms with Crippen molar-refractivity contribution in [2.45, 2.75) is 19.4 Å². The van der Waals surface area contributed by atoms with Crippen LogP contribution in [0.3, 0.4) is 0 Å². The number of nitrogens with one attached hydrogen (secondary N) is 2. The van der Waals surface area contributed by atoms with E-state index in [0.717, 1.165) is 11.1 Å². The maximum atomic E-state index is 12.7. The quantitative estimate of drug-likeness (QED) is 0.619. The molecule has 0 heterocycles. The summed E-state index contributed by atoms with van der Waals surface area (Å²) in [5.41, 5.74) is 2.77. The SMILES string of the molecule is C[C@@H](NC(=O)c1ccccc1NC(=O)Cc1ccc(Cl)cc1)c1ccccc1. The lowest BCUT2D eigenvalue weighted by Gasteiger charge is -2.16. The Kier molecular flexibility index (Phi) is 6.45. The van der Waals surface area contributed by atoms with Gasteiger partial charge in [-0.25, -0.2) is 0 Å². The molecule has 0 saturated carbocycles. The first-order chi connectivity index (χ1) is 13.5. The second-order valence-corrected chi connectivity index (χ2v) is 6.94. The average molecular weight is 393 g/mol. The van der Waals surface area contributed by atoms with Crippen molar-refractivity contribution in [2.24, 2.45) is 0 Å². The van der Waals surface area contributed by atoms with Gasteiger partial charge in [0.2, 0.25) is 5.91 Å². The van der Waals surface area contributed by atoms with Crippen LogP contribution in [0.15, 0.2) is 78.9 Å². The topological polar surface area (TPSA) is 58.2 Å². The molecule has 3 aromatic rings. The third-order valence-electron chi connectivity index (χ3n) is 4.37. The van der Waals surface area contributed by atoms with E-state index >= 15 is 0 Å². The predicted molar refractivity (Wildman–Crippen MR) is 113 cm³/mol. The molecule has 3 rings (SSSR count). The first-order valence-corrected chi connectivity index (χ1v) is 9.40. The molecule has 3 aromatic carbocycles. The summed E-state index contributed by atoms with van der Waals surface area (Å²) in [5, 5.41) is 6.44. The van der Waals surface area contributed by atoms with Crippen LogP contribution in [-0.2, 0) is 11.2 Å². The Morgan fingerprint density at radius 2 is 1.54 bits per heavy atom. The molecule has 0 saturated heterocycles. The lowest BCUT2D eigenvalue weighted by molar-refractivity contribution is -0.115. The summed E-state index contributed by atoms with van der Waals surface area (Å²) >= 11 is 5.87. The van der Waals surface area contributed by atoms with Crippen molar-refractivity contribution in [1.29, 1.82) is 0 Å². The Morgan fingerprint density at radius 3 is 2.25 bits per heavy atom. The Morgan fingerprint density at radius 1 is 0.893 bits per heavy atom. The Labute approximate surface area is 169 Å². The van der Waals surface area contributed by atoms with Gasteiger partial charge in [0.05, 0.1) is 23.7 Å². The summed E-state index contributed by atoms with van der Waals surface area (Å²) in [6.45, 7) is 1.93. The molecular weight excluding hydrogens is 372 g/mol. The molecule has 2 amide bonds. The van der Waals surface area contributed by atoms with E-state index in [1.807, 2.05) is 49.4 Å². The maximum Gasteiger partial charge on any atom is 0.253 e. The molecule has 0 bridgehead atoms. The van der Waals surface area contributed by atoms with Gasteiger partial charge in [-0.3, -0.25) is 9.59 Å². The summed E-state index contributed by atoms with van der Waals surface area (Å²) in [5.74, 6) is -0.433. The molecule has 2 N–H and O–H groups in total. The van der Waals surface area contributed by atoms with E-state index in [-0.39, 0.29) is 24.3 Å². The van der Waals surface area contributed by atoms with Crippen molar-refractivity contribution in [1.82, 2.24) is 5.32 Å². The second-order valence-electron chi connectivity index (χ2n) is 6.50. The molecule has 0 spiro atoms. The summed E-state index contributed by atoms with van der Waals surface area (Å²) in [6.07, 6.45) is 0.202. The van der Waals surface area contributed by atoms with Gasteiger partial charge in [-0.2, -0.15) is 0 Å². The number of benzene rings is 3. The largest absolute Gasteiger partial charge is 0.345 e. The van der Waals surface area contributed by atoms with Gasteiger partial charge in [0.15, 0.2) is 0 Å². The van der Waals surface area contributed by atoms with E-state index in [0.29, 0.717) is 16.3 Å². The lowest BCUT2D eigenvalue weighted by atomic mass is 10.1. The van der Waals surface area contributed by atoms with Crippen LogP contribution in [0.25, 0.3) is 0 Å². The van der Waals surface area contributed by atoms with E-state index in [4.69, 9.17) is 11.6 Å². The summed E-state index contributed by atoms with van der Waals surface area (Å²) in [4.78, 5) is 25.2. The Bertz CT molecular complexity index is 956. The van der Waals surface area contributed by atoms with E-state index in [1.54, 1.807) is 36.4 Å². The highest BCUT2D eigenvalue weighted by atomic mass is 35.5. The van der Waals surface area contributed by atoms with Crippen molar-refractivity contribution in [3.63, 3.8) is 0 Å². The van der Waals surface area contributed by atoms with Crippen molar-refractivity contribution >= 4 is 29.1 Å². The van der Waals surface area contributed by atoms with E-state index < -0.39 is 0 Å². The molecule has 0 aromatic heterocycles. The van der Waals surface area contributed by atoms with Crippen LogP contribution in [-0.4, -0.2) is 11.8 Å². The Balaban J connectivity index is 1.69. The van der Waals surface area contributed by atoms with Crippen molar-refractivity contribution in [2.75, 3.05) is 5.32 Å². The number of halogens is 1. The second kappa shape index (κ2) is 9.20. The minimum atomic E-state index is -0.237. The molecule has 4 nitrogen and oxygen atoms in total. The van der Waals surface area contributed by atoms with Crippen molar-refractivity contribution < 1.29 is 9.59 Å². The average Bonchev–Trinajstić information content (AvgIpc) is 2.70. The number of carbonyl (C=O) groups is 2. The first-order valence-electron chi connectivity index (χ1n) is 9.02. The Hall–Kier alpha value is -3.11. The van der Waals surface area contributed by atoms with Gasteiger partial charge in [0.1, 0.15) is 0 Å². The van der Waals surface area contributed by atoms with Crippen LogP contribution >= 0.6 is 11.6 Å². The summed E-state index contributed by atoms with van der Waals surface area (Å²) in [7, 11) is 0. The molecule has 1 atom stereocenters. The van der Waals surface area contributed by atoms with Gasteiger partial charge in [-0.15, -0.1) is 0 Å². The van der Waals surface area contributed by atoms with Crippen LogP contribution < -0.4 is 10.6 Å². The molecule has 142 valence electrons. The zero-order valence-electron chi connectivity index (χ0n) is 15.5. The molecule has 0 aliphatic rings. The highest BCUT2D eigenvalue weighted by molar-refractivity contribution is 6.30. The van der Waals surface area contributed by atoms with E-state index in [9.17, 15) is 9.59 Å². The third kappa shape index (κ3) is 5.21. The van der Waals surface area contributed by atoms with Gasteiger partial charge in [-0.1, -0.05) is 66.2 Å². The monoisotopic (exact) mass is 392 g/mol. The number of para-hydroxylation sites is 1. The standard InChI is InChI=1S/C23H21ClN2O2/c1-16(18-7-3-2-4-8-18)25-23(28)20-9-5-6-10-21(20)26-22(27)15-17-11-13-19(24)14-12-17/h2-14,16H,15H2,1H3,(H,25,28)(H,26,27)/t16-/m1/s1. The van der Waals surface area contributed by atoms with Crippen LogP contribution in [0.5, 0.6) is 0 Å². The maximum absolute atomic E-state index is 12.7. The minimum Gasteiger partial charge on any atom is -0.345 e. The summed E-state index contributed by atoms with van der Waals surface area (Å²) < 4.78 is 0. The normalized spacial score (nSPS) is 11.5. The fourth-order valence-corrected chi connectivity index (χ4v) is 3.00. The number of amides is 2. The molecule has 28 heavy (non-hydrogen) atoms. The minimum absolute atomic E-state index is 0.147. The summed E-state index contributed by atoms with van der Waals surface area (Å²) in [6, 6.07) is 23.7. The van der Waals surface area contributed by atoms with Gasteiger partial charge in [0, 0.05) is 5.02 Å². The number of hydrogen-bond acceptors (Lipinski definition) is 2. The number of rotatable bonds is 6. The van der Waals surface area contributed by atoms with Gasteiger partial charge < -0.3 is 10.6 Å². The van der Waals surface area contributed by atoms with Crippen LogP contribution in [0, 0.1) is 0 Å². The zero-order chi connectivity index (χ0) is 19.9.